The molecule has 6 nitrogen and oxygen atoms in total. The van der Waals surface area contributed by atoms with Gasteiger partial charge in [-0.25, -0.2) is 0 Å². The summed E-state index contributed by atoms with van der Waals surface area (Å²) in [4.78, 5) is 31.4. The molecule has 3 aromatic rings. The largest absolute Gasteiger partial charge is 0.324 e. The molecule has 30 heavy (non-hydrogen) atoms. The molecular weight excluding hydrogens is 376 g/mol. The van der Waals surface area contributed by atoms with Crippen molar-refractivity contribution in [2.75, 3.05) is 24.2 Å². The first kappa shape index (κ1) is 21.5. The number of pyridine rings is 1. The smallest absolute Gasteiger partial charge is 0.241 e. The maximum absolute atomic E-state index is 12.8. The molecule has 156 valence electrons. The van der Waals surface area contributed by atoms with Gasteiger partial charge in [0.05, 0.1) is 23.8 Å². The van der Waals surface area contributed by atoms with Gasteiger partial charge in [0.25, 0.3) is 0 Å². The second kappa shape index (κ2) is 9.05. The molecule has 2 N–H and O–H groups in total. The Morgan fingerprint density at radius 2 is 1.73 bits per heavy atom. The molecule has 0 radical (unpaired) electrons. The third kappa shape index (κ3) is 4.83. The Morgan fingerprint density at radius 1 is 1.03 bits per heavy atom. The molecular formula is C24H28N4O2. The Kier molecular flexibility index (Phi) is 6.47. The minimum absolute atomic E-state index is 0.110. The molecule has 1 aromatic heterocycles. The molecule has 0 aliphatic carbocycles. The molecule has 0 saturated heterocycles. The fraction of sp³-hybridized carbons (Fsp3) is 0.292. The van der Waals surface area contributed by atoms with Crippen LogP contribution in [0.1, 0.15) is 23.6 Å². The maximum atomic E-state index is 12.8. The number of aromatic nitrogens is 1. The van der Waals surface area contributed by atoms with Crippen LogP contribution in [0.2, 0.25) is 0 Å². The van der Waals surface area contributed by atoms with Crippen LogP contribution in [0.3, 0.4) is 0 Å². The summed E-state index contributed by atoms with van der Waals surface area (Å²) in [5, 5.41) is 6.83. The highest BCUT2D eigenvalue weighted by molar-refractivity contribution is 6.03. The highest BCUT2D eigenvalue weighted by atomic mass is 16.2. The summed E-state index contributed by atoms with van der Waals surface area (Å²) in [6.45, 7) is 7.89. The van der Waals surface area contributed by atoms with Gasteiger partial charge in [0.15, 0.2) is 0 Å². The van der Waals surface area contributed by atoms with E-state index in [0.717, 1.165) is 33.3 Å². The first-order chi connectivity index (χ1) is 14.3. The quantitative estimate of drug-likeness (QED) is 0.650. The van der Waals surface area contributed by atoms with Crippen molar-refractivity contribution < 1.29 is 9.59 Å². The molecule has 2 aromatic carbocycles. The van der Waals surface area contributed by atoms with Gasteiger partial charge in [-0.05, 0) is 70.1 Å². The van der Waals surface area contributed by atoms with Crippen LogP contribution in [0.5, 0.6) is 0 Å². The lowest BCUT2D eigenvalue weighted by Gasteiger charge is -2.24. The number of amides is 2. The molecule has 1 heterocycles. The predicted octanol–water partition coefficient (Wildman–Crippen LogP) is 4.06. The normalized spacial score (nSPS) is 12.1. The summed E-state index contributed by atoms with van der Waals surface area (Å²) in [6.07, 6.45) is 1.72. The zero-order valence-corrected chi connectivity index (χ0v) is 18.1. The van der Waals surface area contributed by atoms with Crippen molar-refractivity contribution in [1.29, 1.82) is 0 Å². The van der Waals surface area contributed by atoms with E-state index in [0.29, 0.717) is 5.69 Å². The number of hydrogen-bond acceptors (Lipinski definition) is 4. The summed E-state index contributed by atoms with van der Waals surface area (Å²) < 4.78 is 0. The van der Waals surface area contributed by atoms with Gasteiger partial charge in [0, 0.05) is 17.3 Å². The van der Waals surface area contributed by atoms with E-state index in [1.54, 1.807) is 25.1 Å². The van der Waals surface area contributed by atoms with E-state index in [-0.39, 0.29) is 18.4 Å². The lowest BCUT2D eigenvalue weighted by atomic mass is 10.1. The van der Waals surface area contributed by atoms with Gasteiger partial charge in [-0.15, -0.1) is 0 Å². The van der Waals surface area contributed by atoms with Crippen molar-refractivity contribution in [3.8, 4) is 0 Å². The van der Waals surface area contributed by atoms with Gasteiger partial charge in [-0.3, -0.25) is 19.5 Å². The number of hydrogen-bond donors (Lipinski definition) is 2. The molecule has 6 heteroatoms. The predicted molar refractivity (Wildman–Crippen MR) is 122 cm³/mol. The van der Waals surface area contributed by atoms with Crippen molar-refractivity contribution in [3.63, 3.8) is 0 Å². The van der Waals surface area contributed by atoms with Crippen LogP contribution in [0.4, 0.5) is 11.4 Å². The number of rotatable bonds is 6. The first-order valence-electron chi connectivity index (χ1n) is 9.99. The van der Waals surface area contributed by atoms with Gasteiger partial charge < -0.3 is 10.6 Å². The van der Waals surface area contributed by atoms with Crippen molar-refractivity contribution in [1.82, 2.24) is 9.88 Å². The van der Waals surface area contributed by atoms with Gasteiger partial charge in [-0.2, -0.15) is 0 Å². The number of likely N-dealkylation sites (N-methyl/N-ethyl adjacent to an activating group) is 1. The monoisotopic (exact) mass is 404 g/mol. The number of carbonyl (C=O) groups excluding carboxylic acids is 2. The third-order valence-electron chi connectivity index (χ3n) is 5.28. The Bertz CT molecular complexity index is 1070. The second-order valence-electron chi connectivity index (χ2n) is 7.78. The van der Waals surface area contributed by atoms with E-state index in [2.05, 4.69) is 15.6 Å². The average molecular weight is 405 g/mol. The standard InChI is InChI=1S/C24H28N4O2/c1-15-12-16(2)23(17(3)13-15)27-22(29)14-28(5)18(4)24(30)26-21-10-6-9-20-19(21)8-7-11-25-20/h6-13,18H,14H2,1-5H3,(H,26,30)(H,27,29). The minimum Gasteiger partial charge on any atom is -0.324 e. The molecule has 0 aliphatic heterocycles. The fourth-order valence-electron chi connectivity index (χ4n) is 3.57. The zero-order valence-electron chi connectivity index (χ0n) is 18.1. The first-order valence-corrected chi connectivity index (χ1v) is 9.99. The molecule has 0 aliphatic rings. The van der Waals surface area contributed by atoms with Gasteiger partial charge in [0.2, 0.25) is 11.8 Å². The summed E-state index contributed by atoms with van der Waals surface area (Å²) in [5.41, 5.74) is 5.58. The highest BCUT2D eigenvalue weighted by Gasteiger charge is 2.21. The van der Waals surface area contributed by atoms with Gasteiger partial charge >= 0.3 is 0 Å². The number of carbonyl (C=O) groups is 2. The van der Waals surface area contributed by atoms with E-state index in [9.17, 15) is 9.59 Å². The summed E-state index contributed by atoms with van der Waals surface area (Å²) in [5.74, 6) is -0.328. The van der Waals surface area contributed by atoms with Crippen LogP contribution in [-0.2, 0) is 9.59 Å². The van der Waals surface area contributed by atoms with Crippen LogP contribution < -0.4 is 10.6 Å². The Hall–Kier alpha value is -3.25. The topological polar surface area (TPSA) is 74.3 Å². The SMILES string of the molecule is Cc1cc(C)c(NC(=O)CN(C)C(C)C(=O)Nc2cccc3ncccc23)c(C)c1. The molecule has 3 rings (SSSR count). The van der Waals surface area contributed by atoms with Crippen LogP contribution in [0, 0.1) is 20.8 Å². The molecule has 0 fully saturated rings. The van der Waals surface area contributed by atoms with E-state index < -0.39 is 6.04 Å². The van der Waals surface area contributed by atoms with E-state index in [4.69, 9.17) is 0 Å². The highest BCUT2D eigenvalue weighted by Crippen LogP contribution is 2.23. The van der Waals surface area contributed by atoms with Crippen LogP contribution in [0.25, 0.3) is 10.9 Å². The lowest BCUT2D eigenvalue weighted by Crippen LogP contribution is -2.43. The van der Waals surface area contributed by atoms with Crippen LogP contribution >= 0.6 is 0 Å². The lowest BCUT2D eigenvalue weighted by molar-refractivity contribution is -0.122. The minimum atomic E-state index is -0.483. The number of nitrogens with zero attached hydrogens (tertiary/aromatic N) is 2. The molecule has 0 bridgehead atoms. The summed E-state index contributed by atoms with van der Waals surface area (Å²) in [7, 11) is 1.77. The number of aryl methyl sites for hydroxylation is 3. The second-order valence-corrected chi connectivity index (χ2v) is 7.78. The van der Waals surface area contributed by atoms with Gasteiger partial charge in [0.1, 0.15) is 0 Å². The van der Waals surface area contributed by atoms with E-state index in [1.165, 1.54) is 0 Å². The van der Waals surface area contributed by atoms with Crippen molar-refractivity contribution in [2.24, 2.45) is 0 Å². The Balaban J connectivity index is 1.64. The van der Waals surface area contributed by atoms with Crippen molar-refractivity contribution in [2.45, 2.75) is 33.7 Å². The average Bonchev–Trinajstić information content (AvgIpc) is 2.70. The van der Waals surface area contributed by atoms with Crippen LogP contribution in [-0.4, -0.2) is 41.3 Å². The fourth-order valence-corrected chi connectivity index (χ4v) is 3.57. The number of nitrogens with one attached hydrogen (secondary N) is 2. The molecule has 0 spiro atoms. The van der Waals surface area contributed by atoms with Gasteiger partial charge in [-0.1, -0.05) is 23.8 Å². The maximum Gasteiger partial charge on any atom is 0.241 e. The summed E-state index contributed by atoms with van der Waals surface area (Å²) in [6, 6.07) is 13.0. The summed E-state index contributed by atoms with van der Waals surface area (Å²) >= 11 is 0. The van der Waals surface area contributed by atoms with E-state index in [1.807, 2.05) is 63.2 Å². The molecule has 1 unspecified atom stereocenters. The Labute approximate surface area is 177 Å². The Morgan fingerprint density at radius 3 is 2.43 bits per heavy atom. The van der Waals surface area contributed by atoms with Crippen molar-refractivity contribution >= 4 is 34.1 Å². The van der Waals surface area contributed by atoms with E-state index >= 15 is 0 Å². The third-order valence-corrected chi connectivity index (χ3v) is 5.28. The zero-order chi connectivity index (χ0) is 21.8. The molecule has 0 saturated carbocycles. The number of fused-ring (bicyclic) bond motifs is 1. The molecule has 2 amide bonds. The number of benzene rings is 2. The van der Waals surface area contributed by atoms with Crippen LogP contribution in [0.15, 0.2) is 48.7 Å². The van der Waals surface area contributed by atoms with Crippen molar-refractivity contribution in [3.05, 3.63) is 65.4 Å². The molecule has 1 atom stereocenters. The number of anilines is 2.